The molecule has 0 amide bonds. The van der Waals surface area contributed by atoms with Crippen LogP contribution in [0.15, 0.2) is 36.4 Å². The van der Waals surface area contributed by atoms with E-state index in [2.05, 4.69) is 11.3 Å². The smallest absolute Gasteiger partial charge is 0.437 e. The van der Waals surface area contributed by atoms with Gasteiger partial charge in [0.2, 0.25) is 0 Å². The Morgan fingerprint density at radius 2 is 1.87 bits per heavy atom. The normalized spacial score (nSPS) is 10.2. The van der Waals surface area contributed by atoms with Crippen molar-refractivity contribution < 1.29 is 23.8 Å². The molecule has 0 saturated heterocycles. The molecule has 0 atom stereocenters. The van der Waals surface area contributed by atoms with E-state index < -0.39 is 12.1 Å². The topological polar surface area (TPSA) is 87.9 Å². The summed E-state index contributed by atoms with van der Waals surface area (Å²) in [6.45, 7) is 5.04. The predicted molar refractivity (Wildman–Crippen MR) is 86.9 cm³/mol. The number of rotatable bonds is 3. The average Bonchev–Trinajstić information content (AvgIpc) is 2.50. The molecule has 0 radical (unpaired) electrons. The van der Waals surface area contributed by atoms with Crippen molar-refractivity contribution in [3.05, 3.63) is 41.4 Å². The molecule has 0 heterocycles. The third-order valence-electron chi connectivity index (χ3n) is 2.94. The molecule has 0 aliphatic rings. The van der Waals surface area contributed by atoms with E-state index in [1.807, 2.05) is 0 Å². The Bertz CT molecular complexity index is 816. The third kappa shape index (κ3) is 3.54. The summed E-state index contributed by atoms with van der Waals surface area (Å²) in [7, 11) is 1.18. The molecule has 0 spiro atoms. The Balaban J connectivity index is 2.64. The highest BCUT2D eigenvalue weighted by Gasteiger charge is 2.18. The van der Waals surface area contributed by atoms with Crippen molar-refractivity contribution in [2.45, 2.75) is 6.92 Å². The molecular formula is C16H14ClNO5. The van der Waals surface area contributed by atoms with E-state index in [9.17, 15) is 9.59 Å². The van der Waals surface area contributed by atoms with Crippen molar-refractivity contribution in [1.82, 2.24) is 0 Å². The number of hydrogen-bond acceptors (Lipinski definition) is 6. The standard InChI is InChI=1S/C16H14ClNO5/c1-8(2)15(19)23-14-10-5-4-9(17)6-11(10)13(7-12(14)18)22-16(20)21-3/h4-7H,1,18H2,2-3H3. The first kappa shape index (κ1) is 16.6. The first-order valence-corrected chi connectivity index (χ1v) is 6.86. The average molecular weight is 336 g/mol. The van der Waals surface area contributed by atoms with Gasteiger partial charge in [-0.1, -0.05) is 18.2 Å². The zero-order valence-electron chi connectivity index (χ0n) is 12.5. The monoisotopic (exact) mass is 335 g/mol. The molecule has 2 rings (SSSR count). The number of anilines is 1. The predicted octanol–water partition coefficient (Wildman–Crippen LogP) is 3.70. The largest absolute Gasteiger partial charge is 0.513 e. The van der Waals surface area contributed by atoms with Gasteiger partial charge in [0.25, 0.3) is 0 Å². The second kappa shape index (κ2) is 6.58. The van der Waals surface area contributed by atoms with Crippen LogP contribution in [-0.2, 0) is 9.53 Å². The minimum atomic E-state index is -0.905. The van der Waals surface area contributed by atoms with Gasteiger partial charge in [-0.05, 0) is 25.1 Å². The summed E-state index contributed by atoms with van der Waals surface area (Å²) in [5.41, 5.74) is 6.26. The number of nitrogen functional groups attached to an aromatic ring is 1. The lowest BCUT2D eigenvalue weighted by Gasteiger charge is -2.14. The minimum absolute atomic E-state index is 0.119. The number of halogens is 1. The van der Waals surface area contributed by atoms with E-state index in [0.717, 1.165) is 0 Å². The number of fused-ring (bicyclic) bond motifs is 1. The molecule has 0 aromatic heterocycles. The number of hydrogen-bond donors (Lipinski definition) is 1. The van der Waals surface area contributed by atoms with E-state index in [4.69, 9.17) is 26.8 Å². The summed E-state index contributed by atoms with van der Waals surface area (Å²) in [6.07, 6.45) is -0.905. The van der Waals surface area contributed by atoms with Crippen molar-refractivity contribution in [3.8, 4) is 11.5 Å². The molecule has 23 heavy (non-hydrogen) atoms. The van der Waals surface area contributed by atoms with E-state index >= 15 is 0 Å². The number of methoxy groups -OCH3 is 1. The fourth-order valence-electron chi connectivity index (χ4n) is 1.87. The van der Waals surface area contributed by atoms with Gasteiger partial charge in [0.15, 0.2) is 5.75 Å². The van der Waals surface area contributed by atoms with Gasteiger partial charge in [-0.2, -0.15) is 0 Å². The van der Waals surface area contributed by atoms with Gasteiger partial charge in [-0.25, -0.2) is 9.59 Å². The Kier molecular flexibility index (Phi) is 4.76. The molecule has 120 valence electrons. The maximum Gasteiger partial charge on any atom is 0.513 e. The summed E-state index contributed by atoms with van der Waals surface area (Å²) < 4.78 is 14.8. The fraction of sp³-hybridized carbons (Fsp3) is 0.125. The SMILES string of the molecule is C=C(C)C(=O)Oc1c(N)cc(OC(=O)OC)c2cc(Cl)ccc12. The van der Waals surface area contributed by atoms with Crippen LogP contribution in [0.2, 0.25) is 5.02 Å². The number of carbonyl (C=O) groups is 2. The van der Waals surface area contributed by atoms with Crippen molar-refractivity contribution in [3.63, 3.8) is 0 Å². The first-order chi connectivity index (χ1) is 10.8. The Morgan fingerprint density at radius 1 is 1.17 bits per heavy atom. The molecular weight excluding hydrogens is 322 g/mol. The lowest BCUT2D eigenvalue weighted by molar-refractivity contribution is -0.129. The summed E-state index contributed by atoms with van der Waals surface area (Å²) in [6, 6.07) is 6.13. The van der Waals surface area contributed by atoms with E-state index in [-0.39, 0.29) is 22.8 Å². The van der Waals surface area contributed by atoms with Crippen LogP contribution < -0.4 is 15.2 Å². The molecule has 2 aromatic rings. The summed E-state index contributed by atoms with van der Waals surface area (Å²) >= 11 is 5.98. The van der Waals surface area contributed by atoms with Crippen LogP contribution in [-0.4, -0.2) is 19.2 Å². The second-order valence-electron chi connectivity index (χ2n) is 4.71. The van der Waals surface area contributed by atoms with Gasteiger partial charge in [0.1, 0.15) is 5.75 Å². The molecule has 0 unspecified atom stereocenters. The second-order valence-corrected chi connectivity index (χ2v) is 5.15. The quantitative estimate of drug-likeness (QED) is 0.302. The summed E-state index contributed by atoms with van der Waals surface area (Å²) in [5.74, 6) is -0.335. The van der Waals surface area contributed by atoms with Crippen LogP contribution >= 0.6 is 11.6 Å². The van der Waals surface area contributed by atoms with E-state index in [1.54, 1.807) is 18.2 Å². The van der Waals surface area contributed by atoms with E-state index in [0.29, 0.717) is 15.8 Å². The lowest BCUT2D eigenvalue weighted by Crippen LogP contribution is -2.11. The number of benzene rings is 2. The summed E-state index contributed by atoms with van der Waals surface area (Å²) in [5, 5.41) is 1.32. The van der Waals surface area contributed by atoms with Crippen molar-refractivity contribution >= 4 is 40.2 Å². The lowest BCUT2D eigenvalue weighted by atomic mass is 10.1. The molecule has 7 heteroatoms. The Morgan fingerprint density at radius 3 is 2.48 bits per heavy atom. The van der Waals surface area contributed by atoms with Crippen LogP contribution in [0.5, 0.6) is 11.5 Å². The van der Waals surface area contributed by atoms with Gasteiger partial charge in [-0.15, -0.1) is 0 Å². The van der Waals surface area contributed by atoms with Crippen molar-refractivity contribution in [2.24, 2.45) is 0 Å². The van der Waals surface area contributed by atoms with E-state index in [1.165, 1.54) is 20.1 Å². The molecule has 0 aliphatic carbocycles. The van der Waals surface area contributed by atoms with Crippen molar-refractivity contribution in [2.75, 3.05) is 12.8 Å². The van der Waals surface area contributed by atoms with Gasteiger partial charge < -0.3 is 19.9 Å². The number of ether oxygens (including phenoxy) is 3. The maximum absolute atomic E-state index is 11.8. The number of nitrogens with two attached hydrogens (primary N) is 1. The number of carbonyl (C=O) groups excluding carboxylic acids is 2. The molecule has 2 N–H and O–H groups in total. The molecule has 0 aliphatic heterocycles. The molecule has 2 aromatic carbocycles. The van der Waals surface area contributed by atoms with Gasteiger partial charge in [0.05, 0.1) is 12.8 Å². The van der Waals surface area contributed by atoms with Crippen molar-refractivity contribution in [1.29, 1.82) is 0 Å². The molecule has 0 saturated carbocycles. The third-order valence-corrected chi connectivity index (χ3v) is 3.18. The van der Waals surface area contributed by atoms with Crippen LogP contribution in [0.3, 0.4) is 0 Å². The maximum atomic E-state index is 11.8. The zero-order valence-corrected chi connectivity index (χ0v) is 13.3. The first-order valence-electron chi connectivity index (χ1n) is 6.48. The Labute approximate surface area is 137 Å². The van der Waals surface area contributed by atoms with Crippen LogP contribution in [0.4, 0.5) is 10.5 Å². The fourth-order valence-corrected chi connectivity index (χ4v) is 2.04. The molecule has 0 bridgehead atoms. The minimum Gasteiger partial charge on any atom is -0.437 e. The molecule has 6 nitrogen and oxygen atoms in total. The Hall–Kier alpha value is -2.73. The number of esters is 1. The van der Waals surface area contributed by atoms with Gasteiger partial charge in [-0.3, -0.25) is 0 Å². The highest BCUT2D eigenvalue weighted by atomic mass is 35.5. The van der Waals surface area contributed by atoms with Crippen LogP contribution in [0.1, 0.15) is 6.92 Å². The summed E-state index contributed by atoms with van der Waals surface area (Å²) in [4.78, 5) is 23.1. The van der Waals surface area contributed by atoms with Crippen LogP contribution in [0, 0.1) is 0 Å². The van der Waals surface area contributed by atoms with Gasteiger partial charge >= 0.3 is 12.1 Å². The molecule has 0 fully saturated rings. The van der Waals surface area contributed by atoms with Crippen LogP contribution in [0.25, 0.3) is 10.8 Å². The highest BCUT2D eigenvalue weighted by molar-refractivity contribution is 6.31. The highest BCUT2D eigenvalue weighted by Crippen LogP contribution is 2.40. The van der Waals surface area contributed by atoms with Gasteiger partial charge in [0, 0.05) is 27.4 Å². The zero-order chi connectivity index (χ0) is 17.1.